The van der Waals surface area contributed by atoms with Gasteiger partial charge in [-0.05, 0) is 21.0 Å². The van der Waals surface area contributed by atoms with Gasteiger partial charge in [-0.2, -0.15) is 0 Å². The summed E-state index contributed by atoms with van der Waals surface area (Å²) in [5.74, 6) is 0.480. The number of rotatable bonds is 8. The number of fused-ring (bicyclic) bond motifs is 1. The van der Waals surface area contributed by atoms with Crippen LogP contribution in [-0.2, 0) is 9.16 Å². The van der Waals surface area contributed by atoms with Crippen LogP contribution in [0.1, 0.15) is 39.0 Å². The monoisotopic (exact) mass is 575 g/mol. The van der Waals surface area contributed by atoms with Crippen LogP contribution in [0.25, 0.3) is 17.2 Å². The van der Waals surface area contributed by atoms with E-state index in [1.54, 1.807) is 6.33 Å². The lowest BCUT2D eigenvalue weighted by molar-refractivity contribution is -0.0224. The molecule has 2 N–H and O–H groups in total. The molecule has 3 aromatic carbocycles. The molecule has 6 rings (SSSR count). The van der Waals surface area contributed by atoms with Crippen molar-refractivity contribution >= 4 is 41.7 Å². The summed E-state index contributed by atoms with van der Waals surface area (Å²) in [6.07, 6.45) is 7.99. The molecule has 42 heavy (non-hydrogen) atoms. The number of hydrogen-bond donors (Lipinski definition) is 1. The van der Waals surface area contributed by atoms with E-state index in [1.165, 1.54) is 16.7 Å². The van der Waals surface area contributed by atoms with Crippen molar-refractivity contribution in [1.82, 2.24) is 19.5 Å². The Morgan fingerprint density at radius 1 is 0.905 bits per heavy atom. The summed E-state index contributed by atoms with van der Waals surface area (Å²) in [6, 6.07) is 31.8. The number of hydrogen-bond acceptors (Lipinski definition) is 6. The van der Waals surface area contributed by atoms with E-state index in [0.29, 0.717) is 23.6 Å². The van der Waals surface area contributed by atoms with Crippen molar-refractivity contribution < 1.29 is 9.16 Å². The molecule has 8 heteroatoms. The van der Waals surface area contributed by atoms with Crippen LogP contribution in [-0.4, -0.2) is 40.5 Å². The normalized spacial score (nSPS) is 19.5. The van der Waals surface area contributed by atoms with E-state index in [0.717, 1.165) is 12.0 Å². The first-order chi connectivity index (χ1) is 20.4. The Labute approximate surface area is 248 Å². The molecule has 1 saturated heterocycles. The zero-order valence-electron chi connectivity index (χ0n) is 24.3. The standard InChI is InChI=1S/C34H37N5O2Si/c1-34(2,3)42(27-15-9-5-10-16-27,28-17-11-6-12-18-28)40-22-29-26(20-19-25-13-7-4-8-14-25)21-30(41-29)39-24-38-31-32(35)36-23-37-33(31)39/h4-20,23-24,26,29-30H,21-22H2,1-3H3,(H2,35,36,37)/t26-,29+,30-/m1/s1. The second kappa shape index (κ2) is 11.6. The van der Waals surface area contributed by atoms with E-state index >= 15 is 0 Å². The van der Waals surface area contributed by atoms with Crippen LogP contribution >= 0.6 is 0 Å². The average molecular weight is 576 g/mol. The molecule has 5 aromatic rings. The number of nitrogens with zero attached hydrogens (tertiary/aromatic N) is 4. The minimum Gasteiger partial charge on any atom is -0.405 e. The van der Waals surface area contributed by atoms with Crippen molar-refractivity contribution in [3.63, 3.8) is 0 Å². The fraction of sp³-hybridized carbons (Fsp3) is 0.265. The van der Waals surface area contributed by atoms with Gasteiger partial charge in [-0.1, -0.05) is 124 Å². The van der Waals surface area contributed by atoms with Crippen LogP contribution < -0.4 is 16.1 Å². The Morgan fingerprint density at radius 3 is 2.14 bits per heavy atom. The van der Waals surface area contributed by atoms with E-state index < -0.39 is 8.32 Å². The average Bonchev–Trinajstić information content (AvgIpc) is 3.62. The summed E-state index contributed by atoms with van der Waals surface area (Å²) in [6.45, 7) is 7.35. The van der Waals surface area contributed by atoms with Crippen molar-refractivity contribution in [3.05, 3.63) is 115 Å². The molecule has 1 aliphatic rings. The van der Waals surface area contributed by atoms with Crippen molar-refractivity contribution in [2.24, 2.45) is 5.92 Å². The Bertz CT molecular complexity index is 1610. The third kappa shape index (κ3) is 5.29. The number of imidazole rings is 1. The number of ether oxygens (including phenoxy) is 1. The van der Waals surface area contributed by atoms with Gasteiger partial charge in [0.1, 0.15) is 18.1 Å². The Morgan fingerprint density at radius 2 is 1.52 bits per heavy atom. The van der Waals surface area contributed by atoms with Crippen molar-refractivity contribution in [1.29, 1.82) is 0 Å². The fourth-order valence-corrected chi connectivity index (χ4v) is 10.7. The first kappa shape index (κ1) is 28.0. The predicted molar refractivity (Wildman–Crippen MR) is 171 cm³/mol. The highest BCUT2D eigenvalue weighted by atomic mass is 28.4. The minimum atomic E-state index is -2.73. The molecule has 0 saturated carbocycles. The zero-order chi connectivity index (χ0) is 29.2. The van der Waals surface area contributed by atoms with E-state index in [-0.39, 0.29) is 23.3 Å². The van der Waals surface area contributed by atoms with Gasteiger partial charge in [0.2, 0.25) is 0 Å². The Balaban J connectivity index is 1.36. The van der Waals surface area contributed by atoms with Gasteiger partial charge in [0, 0.05) is 12.3 Å². The van der Waals surface area contributed by atoms with E-state index in [9.17, 15) is 0 Å². The van der Waals surface area contributed by atoms with Crippen LogP contribution in [0.4, 0.5) is 5.82 Å². The highest BCUT2D eigenvalue weighted by molar-refractivity contribution is 6.99. The lowest BCUT2D eigenvalue weighted by atomic mass is 9.99. The molecule has 0 spiro atoms. The maximum absolute atomic E-state index is 7.31. The molecule has 214 valence electrons. The third-order valence-electron chi connectivity index (χ3n) is 8.20. The predicted octanol–water partition coefficient (Wildman–Crippen LogP) is 5.60. The summed E-state index contributed by atoms with van der Waals surface area (Å²) in [5, 5.41) is 2.38. The molecule has 1 fully saturated rings. The molecule has 0 amide bonds. The maximum Gasteiger partial charge on any atom is 0.261 e. The van der Waals surface area contributed by atoms with E-state index in [4.69, 9.17) is 14.9 Å². The largest absolute Gasteiger partial charge is 0.405 e. The second-order valence-corrected chi connectivity index (χ2v) is 16.2. The molecule has 7 nitrogen and oxygen atoms in total. The van der Waals surface area contributed by atoms with Gasteiger partial charge < -0.3 is 14.9 Å². The number of benzene rings is 3. The topological polar surface area (TPSA) is 88.1 Å². The summed E-state index contributed by atoms with van der Waals surface area (Å²) in [4.78, 5) is 13.1. The van der Waals surface area contributed by atoms with Gasteiger partial charge >= 0.3 is 0 Å². The molecular weight excluding hydrogens is 538 g/mol. The molecule has 0 unspecified atom stereocenters. The zero-order valence-corrected chi connectivity index (χ0v) is 25.3. The number of aromatic nitrogens is 4. The SMILES string of the molecule is CC(C)(C)[Si](OC[C@@H]1O[C@@H](n2cnc3c(N)ncnc32)C[C@H]1C=Cc1ccccc1)(c1ccccc1)c1ccccc1. The van der Waals surface area contributed by atoms with Crippen molar-refractivity contribution in [2.75, 3.05) is 12.3 Å². The minimum absolute atomic E-state index is 0.116. The molecule has 2 aromatic heterocycles. The molecule has 1 aliphatic heterocycles. The summed E-state index contributed by atoms with van der Waals surface area (Å²) < 4.78 is 16.1. The number of nitrogens with two attached hydrogens (primary N) is 1. The van der Waals surface area contributed by atoms with Crippen LogP contribution in [0, 0.1) is 5.92 Å². The summed E-state index contributed by atoms with van der Waals surface area (Å²) in [7, 11) is -2.73. The molecular formula is C34H37N5O2Si. The van der Waals surface area contributed by atoms with Gasteiger partial charge in [-0.3, -0.25) is 4.57 Å². The highest BCUT2D eigenvalue weighted by Gasteiger charge is 2.51. The molecule has 3 heterocycles. The summed E-state index contributed by atoms with van der Waals surface area (Å²) in [5.41, 5.74) is 8.50. The smallest absolute Gasteiger partial charge is 0.261 e. The first-order valence-corrected chi connectivity index (χ1v) is 16.3. The highest BCUT2D eigenvalue weighted by Crippen LogP contribution is 2.40. The second-order valence-electron chi connectivity index (χ2n) is 11.9. The van der Waals surface area contributed by atoms with Gasteiger partial charge in [-0.25, -0.2) is 15.0 Å². The Kier molecular flexibility index (Phi) is 7.77. The van der Waals surface area contributed by atoms with Crippen LogP contribution in [0.2, 0.25) is 5.04 Å². The molecule has 0 radical (unpaired) electrons. The third-order valence-corrected chi connectivity index (χ3v) is 13.2. The quantitative estimate of drug-likeness (QED) is 0.242. The maximum atomic E-state index is 7.31. The fourth-order valence-electron chi connectivity index (χ4n) is 6.14. The lowest BCUT2D eigenvalue weighted by Gasteiger charge is -2.43. The van der Waals surface area contributed by atoms with Crippen molar-refractivity contribution in [3.8, 4) is 0 Å². The number of nitrogen functional groups attached to an aromatic ring is 1. The van der Waals surface area contributed by atoms with Crippen LogP contribution in [0.3, 0.4) is 0 Å². The van der Waals surface area contributed by atoms with Gasteiger partial charge in [-0.15, -0.1) is 0 Å². The number of anilines is 1. The summed E-state index contributed by atoms with van der Waals surface area (Å²) >= 11 is 0. The van der Waals surface area contributed by atoms with Gasteiger partial charge in [0.15, 0.2) is 11.5 Å². The lowest BCUT2D eigenvalue weighted by Crippen LogP contribution is -2.67. The van der Waals surface area contributed by atoms with Crippen LogP contribution in [0.15, 0.2) is 110 Å². The van der Waals surface area contributed by atoms with Gasteiger partial charge in [0.05, 0.1) is 19.0 Å². The molecule has 0 bridgehead atoms. The van der Waals surface area contributed by atoms with Gasteiger partial charge in [0.25, 0.3) is 8.32 Å². The van der Waals surface area contributed by atoms with Crippen LogP contribution in [0.5, 0.6) is 0 Å². The Hall–Kier alpha value is -4.11. The van der Waals surface area contributed by atoms with E-state index in [1.807, 2.05) is 10.6 Å². The van der Waals surface area contributed by atoms with Crippen molar-refractivity contribution in [2.45, 2.75) is 44.6 Å². The van der Waals surface area contributed by atoms with E-state index in [2.05, 4.69) is 133 Å². The first-order valence-electron chi connectivity index (χ1n) is 14.4. The molecule has 0 aliphatic carbocycles. The molecule has 3 atom stereocenters.